The molecule has 1 rings (SSSR count). The number of benzene rings is 1. The number of hydrogen-bond donors (Lipinski definition) is 1. The highest BCUT2D eigenvalue weighted by molar-refractivity contribution is 5.40. The van der Waals surface area contributed by atoms with Gasteiger partial charge in [0.05, 0.1) is 6.61 Å². The number of nitrogens with two attached hydrogens (primary N) is 1. The van der Waals surface area contributed by atoms with Crippen molar-refractivity contribution in [2.75, 3.05) is 26.0 Å². The van der Waals surface area contributed by atoms with Crippen LogP contribution in [0.4, 0.5) is 10.1 Å². The summed E-state index contributed by atoms with van der Waals surface area (Å²) in [4.78, 5) is 2.28. The summed E-state index contributed by atoms with van der Waals surface area (Å²) < 4.78 is 19.0. The largest absolute Gasteiger partial charge is 0.399 e. The third kappa shape index (κ3) is 4.80. The first-order valence-electron chi connectivity index (χ1n) is 6.89. The molecule has 0 saturated heterocycles. The van der Waals surface area contributed by atoms with E-state index < -0.39 is 0 Å². The average Bonchev–Trinajstić information content (AvgIpc) is 2.39. The smallest absolute Gasteiger partial charge is 0.129 e. The Hall–Kier alpha value is -1.13. The molecule has 0 aliphatic carbocycles. The standard InChI is InChI=1S/C15H25FN2O/c1-4-14(5-2)18(8-9-19-3)11-12-6-7-13(17)10-15(12)16/h6-7,10,14H,4-5,8-9,11,17H2,1-3H3. The number of nitrogen functional groups attached to an aromatic ring is 1. The van der Waals surface area contributed by atoms with E-state index in [1.807, 2.05) is 0 Å². The Kier molecular flexibility index (Phi) is 6.81. The van der Waals surface area contributed by atoms with Gasteiger partial charge in [-0.1, -0.05) is 19.9 Å². The summed E-state index contributed by atoms with van der Waals surface area (Å²) >= 11 is 0. The van der Waals surface area contributed by atoms with Crippen LogP contribution >= 0.6 is 0 Å². The number of ether oxygens (including phenoxy) is 1. The monoisotopic (exact) mass is 268 g/mol. The minimum atomic E-state index is -0.228. The molecule has 4 heteroatoms. The second kappa shape index (κ2) is 8.12. The molecule has 0 spiro atoms. The molecule has 0 amide bonds. The lowest BCUT2D eigenvalue weighted by Crippen LogP contribution is -2.36. The van der Waals surface area contributed by atoms with E-state index in [2.05, 4.69) is 18.7 Å². The molecule has 0 saturated carbocycles. The lowest BCUT2D eigenvalue weighted by atomic mass is 10.1. The molecule has 0 radical (unpaired) electrons. The van der Waals surface area contributed by atoms with Crippen LogP contribution in [0, 0.1) is 5.82 Å². The van der Waals surface area contributed by atoms with Crippen LogP contribution in [0.25, 0.3) is 0 Å². The molecule has 0 unspecified atom stereocenters. The van der Waals surface area contributed by atoms with Crippen molar-refractivity contribution >= 4 is 5.69 Å². The van der Waals surface area contributed by atoms with E-state index in [1.165, 1.54) is 6.07 Å². The minimum absolute atomic E-state index is 0.228. The van der Waals surface area contributed by atoms with Crippen LogP contribution in [0.2, 0.25) is 0 Å². The van der Waals surface area contributed by atoms with Crippen molar-refractivity contribution in [3.05, 3.63) is 29.6 Å². The lowest BCUT2D eigenvalue weighted by molar-refractivity contribution is 0.109. The van der Waals surface area contributed by atoms with Gasteiger partial charge in [-0.25, -0.2) is 4.39 Å². The Morgan fingerprint density at radius 1 is 1.32 bits per heavy atom. The Morgan fingerprint density at radius 3 is 2.53 bits per heavy atom. The number of hydrogen-bond acceptors (Lipinski definition) is 3. The molecule has 0 heterocycles. The first-order valence-corrected chi connectivity index (χ1v) is 6.89. The summed E-state index contributed by atoms with van der Waals surface area (Å²) in [5.74, 6) is -0.228. The topological polar surface area (TPSA) is 38.5 Å². The minimum Gasteiger partial charge on any atom is -0.399 e. The molecule has 3 nitrogen and oxygen atoms in total. The fourth-order valence-corrected chi connectivity index (χ4v) is 2.31. The van der Waals surface area contributed by atoms with Gasteiger partial charge in [-0.05, 0) is 25.0 Å². The van der Waals surface area contributed by atoms with Crippen LogP contribution in [-0.2, 0) is 11.3 Å². The van der Waals surface area contributed by atoms with Gasteiger partial charge >= 0.3 is 0 Å². The van der Waals surface area contributed by atoms with Crippen LogP contribution in [0.5, 0.6) is 0 Å². The van der Waals surface area contributed by atoms with Gasteiger partial charge in [-0.3, -0.25) is 4.90 Å². The Bertz CT molecular complexity index is 380. The molecule has 19 heavy (non-hydrogen) atoms. The van der Waals surface area contributed by atoms with E-state index >= 15 is 0 Å². The summed E-state index contributed by atoms with van der Waals surface area (Å²) in [6.07, 6.45) is 2.10. The number of rotatable bonds is 8. The van der Waals surface area contributed by atoms with Crippen LogP contribution in [0.15, 0.2) is 18.2 Å². The number of anilines is 1. The second-order valence-corrected chi connectivity index (χ2v) is 4.78. The SMILES string of the molecule is CCC(CC)N(CCOC)Cc1ccc(N)cc1F. The van der Waals surface area contributed by atoms with Gasteiger partial charge in [0.15, 0.2) is 0 Å². The quantitative estimate of drug-likeness (QED) is 0.736. The number of methoxy groups -OCH3 is 1. The third-order valence-electron chi connectivity index (χ3n) is 3.49. The molecule has 108 valence electrons. The summed E-state index contributed by atoms with van der Waals surface area (Å²) in [6.45, 7) is 6.39. The summed E-state index contributed by atoms with van der Waals surface area (Å²) in [7, 11) is 1.69. The van der Waals surface area contributed by atoms with Crippen LogP contribution < -0.4 is 5.73 Å². The van der Waals surface area contributed by atoms with Crippen LogP contribution in [-0.4, -0.2) is 31.2 Å². The Morgan fingerprint density at radius 2 is 2.00 bits per heavy atom. The zero-order valence-corrected chi connectivity index (χ0v) is 12.2. The van der Waals surface area contributed by atoms with Crippen molar-refractivity contribution in [3.63, 3.8) is 0 Å². The predicted octanol–water partition coefficient (Wildman–Crippen LogP) is 3.04. The van der Waals surface area contributed by atoms with Crippen molar-refractivity contribution in [2.24, 2.45) is 0 Å². The van der Waals surface area contributed by atoms with E-state index in [0.717, 1.165) is 19.4 Å². The molecule has 1 aromatic carbocycles. The van der Waals surface area contributed by atoms with Crippen molar-refractivity contribution < 1.29 is 9.13 Å². The van der Waals surface area contributed by atoms with Gasteiger partial charge in [0.25, 0.3) is 0 Å². The Balaban J connectivity index is 2.80. The van der Waals surface area contributed by atoms with Crippen molar-refractivity contribution in [2.45, 2.75) is 39.3 Å². The molecule has 0 aromatic heterocycles. The lowest BCUT2D eigenvalue weighted by Gasteiger charge is -2.30. The third-order valence-corrected chi connectivity index (χ3v) is 3.49. The molecule has 0 aliphatic heterocycles. The molecular formula is C15H25FN2O. The Labute approximate surface area is 115 Å². The first-order chi connectivity index (χ1) is 9.12. The molecule has 1 aromatic rings. The van der Waals surface area contributed by atoms with Gasteiger partial charge in [0.1, 0.15) is 5.82 Å². The highest BCUT2D eigenvalue weighted by Gasteiger charge is 2.16. The summed E-state index contributed by atoms with van der Waals surface area (Å²) in [5.41, 5.74) is 6.73. The van der Waals surface area contributed by atoms with Gasteiger partial charge < -0.3 is 10.5 Å². The van der Waals surface area contributed by atoms with E-state index in [4.69, 9.17) is 10.5 Å². The maximum atomic E-state index is 13.9. The highest BCUT2D eigenvalue weighted by atomic mass is 19.1. The zero-order valence-electron chi connectivity index (χ0n) is 12.2. The highest BCUT2D eigenvalue weighted by Crippen LogP contribution is 2.17. The van der Waals surface area contributed by atoms with Crippen molar-refractivity contribution in [1.29, 1.82) is 0 Å². The van der Waals surface area contributed by atoms with Gasteiger partial charge in [0, 0.05) is 37.5 Å². The van der Waals surface area contributed by atoms with Gasteiger partial charge in [0.2, 0.25) is 0 Å². The fourth-order valence-electron chi connectivity index (χ4n) is 2.31. The van der Waals surface area contributed by atoms with Crippen molar-refractivity contribution in [1.82, 2.24) is 4.90 Å². The predicted molar refractivity (Wildman–Crippen MR) is 77.5 cm³/mol. The maximum Gasteiger partial charge on any atom is 0.129 e. The van der Waals surface area contributed by atoms with E-state index in [1.54, 1.807) is 19.2 Å². The molecular weight excluding hydrogens is 243 g/mol. The zero-order chi connectivity index (χ0) is 14.3. The normalized spacial score (nSPS) is 11.5. The van der Waals surface area contributed by atoms with Crippen molar-refractivity contribution in [3.8, 4) is 0 Å². The fraction of sp³-hybridized carbons (Fsp3) is 0.600. The summed E-state index contributed by atoms with van der Waals surface area (Å²) in [6, 6.07) is 5.36. The van der Waals surface area contributed by atoms with E-state index in [-0.39, 0.29) is 5.82 Å². The maximum absolute atomic E-state index is 13.9. The molecule has 0 fully saturated rings. The second-order valence-electron chi connectivity index (χ2n) is 4.78. The molecule has 0 atom stereocenters. The van der Waals surface area contributed by atoms with E-state index in [9.17, 15) is 4.39 Å². The molecule has 0 bridgehead atoms. The van der Waals surface area contributed by atoms with Crippen LogP contribution in [0.3, 0.4) is 0 Å². The van der Waals surface area contributed by atoms with Crippen LogP contribution in [0.1, 0.15) is 32.3 Å². The van der Waals surface area contributed by atoms with Gasteiger partial charge in [-0.2, -0.15) is 0 Å². The van der Waals surface area contributed by atoms with Gasteiger partial charge in [-0.15, -0.1) is 0 Å². The molecule has 0 aliphatic rings. The average molecular weight is 268 g/mol. The number of halogens is 1. The summed E-state index contributed by atoms with van der Waals surface area (Å²) in [5, 5.41) is 0. The first kappa shape index (κ1) is 15.9. The number of nitrogens with zero attached hydrogens (tertiary/aromatic N) is 1. The van der Waals surface area contributed by atoms with E-state index in [0.29, 0.717) is 30.4 Å². The molecule has 2 N–H and O–H groups in total.